The smallest absolute Gasteiger partial charge is 0.238 e. The van der Waals surface area contributed by atoms with Crippen molar-refractivity contribution in [1.29, 1.82) is 0 Å². The quantitative estimate of drug-likeness (QED) is 0.848. The second kappa shape index (κ2) is 5.98. The van der Waals surface area contributed by atoms with E-state index in [1.54, 1.807) is 0 Å². The van der Waals surface area contributed by atoms with E-state index in [9.17, 15) is 9.90 Å². The molecule has 4 heteroatoms. The van der Waals surface area contributed by atoms with Gasteiger partial charge >= 0.3 is 0 Å². The molecule has 1 aromatic rings. The van der Waals surface area contributed by atoms with Gasteiger partial charge in [-0.2, -0.15) is 0 Å². The van der Waals surface area contributed by atoms with Crippen molar-refractivity contribution in [1.82, 2.24) is 4.90 Å². The Morgan fingerprint density at radius 3 is 2.83 bits per heavy atom. The van der Waals surface area contributed by atoms with Crippen LogP contribution in [0.2, 0.25) is 0 Å². The minimum Gasteiger partial charge on any atom is -0.393 e. The van der Waals surface area contributed by atoms with Crippen LogP contribution in [0.5, 0.6) is 0 Å². The number of likely N-dealkylation sites (tertiary alicyclic amines) is 1. The van der Waals surface area contributed by atoms with Crippen molar-refractivity contribution in [3.63, 3.8) is 0 Å². The number of anilines is 1. The number of amides is 1. The highest BCUT2D eigenvalue weighted by molar-refractivity contribution is 5.92. The molecule has 2 unspecified atom stereocenters. The van der Waals surface area contributed by atoms with Crippen molar-refractivity contribution in [2.75, 3.05) is 25.0 Å². The summed E-state index contributed by atoms with van der Waals surface area (Å²) in [6.45, 7) is 3.98. The van der Waals surface area contributed by atoms with Crippen LogP contribution >= 0.6 is 0 Å². The third-order valence-corrected chi connectivity index (χ3v) is 3.37. The van der Waals surface area contributed by atoms with E-state index in [1.165, 1.54) is 0 Å². The molecule has 0 aliphatic carbocycles. The second-order valence-electron chi connectivity index (χ2n) is 4.98. The van der Waals surface area contributed by atoms with Gasteiger partial charge in [0, 0.05) is 18.8 Å². The van der Waals surface area contributed by atoms with Crippen molar-refractivity contribution < 1.29 is 9.90 Å². The van der Waals surface area contributed by atoms with Crippen molar-refractivity contribution in [2.24, 2.45) is 5.92 Å². The van der Waals surface area contributed by atoms with Crippen LogP contribution in [-0.2, 0) is 4.79 Å². The van der Waals surface area contributed by atoms with Crippen molar-refractivity contribution in [3.05, 3.63) is 30.3 Å². The Hall–Kier alpha value is -1.39. The number of carbonyl (C=O) groups excluding carboxylic acids is 1. The van der Waals surface area contributed by atoms with Crippen molar-refractivity contribution >= 4 is 11.6 Å². The molecule has 0 spiro atoms. The van der Waals surface area contributed by atoms with Crippen LogP contribution in [-0.4, -0.2) is 41.7 Å². The maximum absolute atomic E-state index is 11.9. The standard InChI is InChI=1S/C14H20N2O2/c1-11-9-16(8-7-13(11)17)10-14(18)15-12-5-3-2-4-6-12/h2-6,11,13,17H,7-10H2,1H3,(H,15,18). The predicted molar refractivity (Wildman–Crippen MR) is 71.3 cm³/mol. The lowest BCUT2D eigenvalue weighted by Crippen LogP contribution is -2.45. The van der Waals surface area contributed by atoms with Crippen LogP contribution < -0.4 is 5.32 Å². The van der Waals surface area contributed by atoms with Crippen LogP contribution in [0.15, 0.2) is 30.3 Å². The Kier molecular flexibility index (Phi) is 4.33. The summed E-state index contributed by atoms with van der Waals surface area (Å²) in [7, 11) is 0. The fraction of sp³-hybridized carbons (Fsp3) is 0.500. The Morgan fingerprint density at radius 1 is 1.44 bits per heavy atom. The molecular weight excluding hydrogens is 228 g/mol. The number of nitrogens with one attached hydrogen (secondary N) is 1. The van der Waals surface area contributed by atoms with Gasteiger partial charge in [-0.1, -0.05) is 25.1 Å². The third-order valence-electron chi connectivity index (χ3n) is 3.37. The van der Waals surface area contributed by atoms with Gasteiger partial charge < -0.3 is 10.4 Å². The molecule has 0 aromatic heterocycles. The van der Waals surface area contributed by atoms with Crippen LogP contribution in [0.3, 0.4) is 0 Å². The number of carbonyl (C=O) groups is 1. The molecule has 2 atom stereocenters. The van der Waals surface area contributed by atoms with Crippen molar-refractivity contribution in [3.8, 4) is 0 Å². The van der Waals surface area contributed by atoms with E-state index in [-0.39, 0.29) is 17.9 Å². The predicted octanol–water partition coefficient (Wildman–Crippen LogP) is 1.33. The van der Waals surface area contributed by atoms with E-state index in [0.717, 1.165) is 25.2 Å². The van der Waals surface area contributed by atoms with E-state index >= 15 is 0 Å². The highest BCUT2D eigenvalue weighted by Crippen LogP contribution is 2.16. The summed E-state index contributed by atoms with van der Waals surface area (Å²) in [4.78, 5) is 13.9. The summed E-state index contributed by atoms with van der Waals surface area (Å²) in [5, 5.41) is 12.5. The van der Waals surface area contributed by atoms with Crippen molar-refractivity contribution in [2.45, 2.75) is 19.4 Å². The first-order chi connectivity index (χ1) is 8.65. The fourth-order valence-electron chi connectivity index (χ4n) is 2.29. The average molecular weight is 248 g/mol. The van der Waals surface area contributed by atoms with Crippen LogP contribution in [0.1, 0.15) is 13.3 Å². The number of nitrogens with zero attached hydrogens (tertiary/aromatic N) is 1. The summed E-state index contributed by atoms with van der Waals surface area (Å²) in [5.74, 6) is 0.244. The molecule has 1 fully saturated rings. The summed E-state index contributed by atoms with van der Waals surface area (Å²) in [5.41, 5.74) is 0.826. The molecule has 1 aromatic carbocycles. The van der Waals surface area contributed by atoms with Gasteiger partial charge in [0.05, 0.1) is 12.6 Å². The Balaban J connectivity index is 1.81. The zero-order valence-electron chi connectivity index (χ0n) is 10.7. The molecule has 2 rings (SSSR count). The average Bonchev–Trinajstić information content (AvgIpc) is 2.35. The summed E-state index contributed by atoms with van der Waals surface area (Å²) < 4.78 is 0. The van der Waals surface area contributed by atoms with Crippen LogP contribution in [0.25, 0.3) is 0 Å². The molecule has 1 amide bonds. The van der Waals surface area contributed by atoms with Crippen LogP contribution in [0, 0.1) is 5.92 Å². The number of hydrogen-bond acceptors (Lipinski definition) is 3. The molecule has 1 heterocycles. The number of rotatable bonds is 3. The van der Waals surface area contributed by atoms with E-state index in [0.29, 0.717) is 6.54 Å². The number of aliphatic hydroxyl groups is 1. The molecule has 1 aliphatic rings. The molecule has 4 nitrogen and oxygen atoms in total. The lowest BCUT2D eigenvalue weighted by molar-refractivity contribution is -0.118. The molecule has 98 valence electrons. The zero-order chi connectivity index (χ0) is 13.0. The molecule has 18 heavy (non-hydrogen) atoms. The normalized spacial score (nSPS) is 24.8. The largest absolute Gasteiger partial charge is 0.393 e. The number of para-hydroxylation sites is 1. The molecular formula is C14H20N2O2. The van der Waals surface area contributed by atoms with Gasteiger partial charge in [0.15, 0.2) is 0 Å². The van der Waals surface area contributed by atoms with Gasteiger partial charge in [-0.05, 0) is 24.5 Å². The molecule has 2 N–H and O–H groups in total. The van der Waals surface area contributed by atoms with E-state index in [4.69, 9.17) is 0 Å². The zero-order valence-corrected chi connectivity index (χ0v) is 10.7. The first-order valence-electron chi connectivity index (χ1n) is 6.40. The van der Waals surface area contributed by atoms with Gasteiger partial charge in [-0.15, -0.1) is 0 Å². The lowest BCUT2D eigenvalue weighted by Gasteiger charge is -2.33. The summed E-state index contributed by atoms with van der Waals surface area (Å²) >= 11 is 0. The first-order valence-corrected chi connectivity index (χ1v) is 6.40. The first kappa shape index (κ1) is 13.1. The molecule has 1 saturated heterocycles. The summed E-state index contributed by atoms with van der Waals surface area (Å²) in [6.07, 6.45) is 0.526. The van der Waals surface area contributed by atoms with Crippen LogP contribution in [0.4, 0.5) is 5.69 Å². The van der Waals surface area contributed by atoms with E-state index in [2.05, 4.69) is 10.2 Å². The number of hydrogen-bond donors (Lipinski definition) is 2. The molecule has 1 aliphatic heterocycles. The Labute approximate surface area is 108 Å². The molecule has 0 bridgehead atoms. The summed E-state index contributed by atoms with van der Waals surface area (Å²) in [6, 6.07) is 9.47. The number of aliphatic hydroxyl groups excluding tert-OH is 1. The highest BCUT2D eigenvalue weighted by Gasteiger charge is 2.25. The van der Waals surface area contributed by atoms with E-state index in [1.807, 2.05) is 37.3 Å². The van der Waals surface area contributed by atoms with Gasteiger partial charge in [0.2, 0.25) is 5.91 Å². The van der Waals surface area contributed by atoms with Gasteiger partial charge in [0.25, 0.3) is 0 Å². The minimum absolute atomic E-state index is 0.00443. The highest BCUT2D eigenvalue weighted by atomic mass is 16.3. The number of benzene rings is 1. The molecule has 0 radical (unpaired) electrons. The second-order valence-corrected chi connectivity index (χ2v) is 4.98. The fourth-order valence-corrected chi connectivity index (χ4v) is 2.29. The lowest BCUT2D eigenvalue weighted by atomic mass is 9.97. The van der Waals surface area contributed by atoms with Gasteiger partial charge in [-0.3, -0.25) is 9.69 Å². The SMILES string of the molecule is CC1CN(CC(=O)Nc2ccccc2)CCC1O. The van der Waals surface area contributed by atoms with E-state index < -0.39 is 0 Å². The molecule has 0 saturated carbocycles. The van der Waals surface area contributed by atoms with Gasteiger partial charge in [0.1, 0.15) is 0 Å². The maximum Gasteiger partial charge on any atom is 0.238 e. The minimum atomic E-state index is -0.224. The Bertz CT molecular complexity index is 394. The Morgan fingerprint density at radius 2 is 2.17 bits per heavy atom. The monoisotopic (exact) mass is 248 g/mol. The number of piperidine rings is 1. The topological polar surface area (TPSA) is 52.6 Å². The van der Waals surface area contributed by atoms with Gasteiger partial charge in [-0.25, -0.2) is 0 Å². The maximum atomic E-state index is 11.9. The third kappa shape index (κ3) is 3.55.